The van der Waals surface area contributed by atoms with Gasteiger partial charge in [0.1, 0.15) is 0 Å². The summed E-state index contributed by atoms with van der Waals surface area (Å²) in [5.74, 6) is 0. The lowest BCUT2D eigenvalue weighted by molar-refractivity contribution is -0.0000128. The number of hydrogen-bond donors (Lipinski definition) is 0. The van der Waals surface area contributed by atoms with E-state index in [4.69, 9.17) is 0 Å². The van der Waals surface area contributed by atoms with Crippen LogP contribution < -0.4 is 12.4 Å². The molecule has 0 atom stereocenters. The van der Waals surface area contributed by atoms with Gasteiger partial charge in [-0.15, -0.1) is 0 Å². The van der Waals surface area contributed by atoms with Crippen molar-refractivity contribution in [2.24, 2.45) is 0 Å². The van der Waals surface area contributed by atoms with E-state index in [2.05, 4.69) is 27.7 Å². The molecule has 58 heavy (non-hydrogen) atoms. The Labute approximate surface area is 378 Å². The van der Waals surface area contributed by atoms with Crippen molar-refractivity contribution in [2.45, 2.75) is 336 Å². The zero-order chi connectivity index (χ0) is 41.3. The normalized spacial score (nSPS) is 11.8. The fraction of sp³-hybridized carbons (Fsp3) is 1.00. The largest absolute Gasteiger partial charge is 1.00 e. The third-order valence-corrected chi connectivity index (χ3v) is 19.0. The van der Waals surface area contributed by atoms with E-state index < -0.39 is 7.26 Å². The fourth-order valence-corrected chi connectivity index (χ4v) is 14.7. The summed E-state index contributed by atoms with van der Waals surface area (Å²) in [6, 6.07) is 0. The number of hydrogen-bond acceptors (Lipinski definition) is 0. The van der Waals surface area contributed by atoms with Gasteiger partial charge in [-0.05, 0) is 51.4 Å². The first-order valence-electron chi connectivity index (χ1n) is 28.1. The smallest absolute Gasteiger partial charge is 0.0594 e. The van der Waals surface area contributed by atoms with Crippen LogP contribution in [0.4, 0.5) is 0 Å². The van der Waals surface area contributed by atoms with E-state index in [1.54, 1.807) is 50.3 Å². The Morgan fingerprint density at radius 3 is 0.379 bits per heavy atom. The summed E-state index contributed by atoms with van der Waals surface area (Å²) in [5.41, 5.74) is 0. The third kappa shape index (κ3) is 47.8. The van der Waals surface area contributed by atoms with Crippen molar-refractivity contribution in [3.05, 3.63) is 0 Å². The third-order valence-electron chi connectivity index (χ3n) is 13.9. The summed E-state index contributed by atoms with van der Waals surface area (Å²) < 4.78 is 0. The molecule has 0 fully saturated rings. The molecule has 0 aliphatic rings. The van der Waals surface area contributed by atoms with Crippen molar-refractivity contribution in [1.82, 2.24) is 0 Å². The summed E-state index contributed by atoms with van der Waals surface area (Å²) in [7, 11) is -0.816. The van der Waals surface area contributed by atoms with Gasteiger partial charge in [0.05, 0.1) is 24.6 Å². The van der Waals surface area contributed by atoms with Crippen LogP contribution in [0, 0.1) is 0 Å². The monoisotopic (exact) mass is 855 g/mol. The Hall–Kier alpha value is 0.720. The Balaban J connectivity index is 0. The van der Waals surface area contributed by atoms with Gasteiger partial charge in [0, 0.05) is 7.26 Å². The molecule has 0 aliphatic carbocycles. The average Bonchev–Trinajstić information content (AvgIpc) is 3.22. The van der Waals surface area contributed by atoms with Crippen LogP contribution in [0.1, 0.15) is 336 Å². The Morgan fingerprint density at radius 1 is 0.155 bits per heavy atom. The van der Waals surface area contributed by atoms with Crippen LogP contribution in [0.3, 0.4) is 0 Å². The molecular weight excluding hydrogens is 739 g/mol. The molecule has 0 unspecified atom stereocenters. The van der Waals surface area contributed by atoms with Crippen molar-refractivity contribution >= 4 is 7.26 Å². The first kappa shape index (κ1) is 60.8. The number of rotatable bonds is 52. The Kier molecular flexibility index (Phi) is 56.5. The van der Waals surface area contributed by atoms with Crippen molar-refractivity contribution in [3.8, 4) is 0 Å². The molecule has 0 aliphatic heterocycles. The first-order chi connectivity index (χ1) is 28.2. The number of unbranched alkanes of at least 4 members (excludes halogenated alkanes) is 44. The van der Waals surface area contributed by atoms with Crippen LogP contribution in [0.5, 0.6) is 0 Å². The van der Waals surface area contributed by atoms with E-state index in [1.165, 1.54) is 283 Å². The second-order valence-corrected chi connectivity index (χ2v) is 24.3. The second-order valence-electron chi connectivity index (χ2n) is 19.8. The first-order valence-corrected chi connectivity index (χ1v) is 30.6. The van der Waals surface area contributed by atoms with Crippen molar-refractivity contribution in [2.75, 3.05) is 24.6 Å². The molecule has 0 nitrogen and oxygen atoms in total. The summed E-state index contributed by atoms with van der Waals surface area (Å²) in [6.07, 6.45) is 78.3. The number of halogens is 1. The molecule has 0 rings (SSSR count). The lowest BCUT2D eigenvalue weighted by atomic mass is 10.1. The summed E-state index contributed by atoms with van der Waals surface area (Å²) in [5, 5.41) is 0. The van der Waals surface area contributed by atoms with Gasteiger partial charge in [-0.2, -0.15) is 0 Å². The summed E-state index contributed by atoms with van der Waals surface area (Å²) in [6.45, 7) is 9.35. The maximum Gasteiger partial charge on any atom is 0.0594 e. The molecular formula is C56H116ClP. The lowest BCUT2D eigenvalue weighted by Crippen LogP contribution is -3.00. The van der Waals surface area contributed by atoms with Crippen LogP contribution in [0.15, 0.2) is 0 Å². The van der Waals surface area contributed by atoms with Crippen molar-refractivity contribution in [3.63, 3.8) is 0 Å². The molecule has 0 aromatic carbocycles. The molecule has 2 heteroatoms. The van der Waals surface area contributed by atoms with E-state index in [9.17, 15) is 0 Å². The van der Waals surface area contributed by atoms with Crippen LogP contribution >= 0.6 is 7.26 Å². The fourth-order valence-electron chi connectivity index (χ4n) is 9.82. The molecule has 0 aromatic rings. The Bertz CT molecular complexity index is 575. The zero-order valence-corrected chi connectivity index (χ0v) is 43.2. The Morgan fingerprint density at radius 2 is 0.259 bits per heavy atom. The van der Waals surface area contributed by atoms with Crippen LogP contribution in [0.25, 0.3) is 0 Å². The second kappa shape index (κ2) is 53.9. The van der Waals surface area contributed by atoms with E-state index in [-0.39, 0.29) is 12.4 Å². The van der Waals surface area contributed by atoms with Crippen LogP contribution in [-0.4, -0.2) is 24.6 Å². The molecule has 0 amide bonds. The minimum absolute atomic E-state index is 0. The highest BCUT2D eigenvalue weighted by atomic mass is 35.5. The molecule has 0 heterocycles. The zero-order valence-electron chi connectivity index (χ0n) is 41.6. The summed E-state index contributed by atoms with van der Waals surface area (Å²) >= 11 is 0. The molecule has 0 aromatic heterocycles. The van der Waals surface area contributed by atoms with Gasteiger partial charge in [0.25, 0.3) is 0 Å². The van der Waals surface area contributed by atoms with Gasteiger partial charge >= 0.3 is 0 Å². The SMILES string of the molecule is CCCCCCCCCCCCCC[P+](CCCCCCCCCCCCCC)(CCCCCCCCCCCCCC)CCCCCCCCCCCCCC.[Cl-]. The van der Waals surface area contributed by atoms with Gasteiger partial charge in [-0.25, -0.2) is 0 Å². The van der Waals surface area contributed by atoms with E-state index in [0.717, 1.165) is 0 Å². The average molecular weight is 856 g/mol. The van der Waals surface area contributed by atoms with Gasteiger partial charge < -0.3 is 12.4 Å². The molecule has 0 radical (unpaired) electrons. The molecule has 0 saturated carbocycles. The molecule has 0 saturated heterocycles. The van der Waals surface area contributed by atoms with Gasteiger partial charge in [0.2, 0.25) is 0 Å². The predicted octanol–water partition coefficient (Wildman–Crippen LogP) is 18.8. The molecule has 0 N–H and O–H groups in total. The van der Waals surface area contributed by atoms with Crippen molar-refractivity contribution < 1.29 is 12.4 Å². The van der Waals surface area contributed by atoms with Crippen molar-refractivity contribution in [1.29, 1.82) is 0 Å². The van der Waals surface area contributed by atoms with Gasteiger partial charge in [0.15, 0.2) is 0 Å². The topological polar surface area (TPSA) is 0 Å². The van der Waals surface area contributed by atoms with Gasteiger partial charge in [-0.1, -0.05) is 285 Å². The van der Waals surface area contributed by atoms with Crippen LogP contribution in [0.2, 0.25) is 0 Å². The maximum absolute atomic E-state index is 2.34. The maximum atomic E-state index is 2.34. The van der Waals surface area contributed by atoms with Crippen LogP contribution in [-0.2, 0) is 0 Å². The van der Waals surface area contributed by atoms with E-state index >= 15 is 0 Å². The predicted molar refractivity (Wildman–Crippen MR) is 271 cm³/mol. The van der Waals surface area contributed by atoms with E-state index in [0.29, 0.717) is 0 Å². The summed E-state index contributed by atoms with van der Waals surface area (Å²) in [4.78, 5) is 0. The molecule has 0 bridgehead atoms. The molecule has 0 spiro atoms. The lowest BCUT2D eigenvalue weighted by Gasteiger charge is -2.28. The minimum atomic E-state index is -0.816. The molecule has 352 valence electrons. The quantitative estimate of drug-likeness (QED) is 0.0422. The highest BCUT2D eigenvalue weighted by Crippen LogP contribution is 2.61. The van der Waals surface area contributed by atoms with E-state index in [1.807, 2.05) is 0 Å². The minimum Gasteiger partial charge on any atom is -1.00 e. The van der Waals surface area contributed by atoms with Gasteiger partial charge in [-0.3, -0.25) is 0 Å². The highest BCUT2D eigenvalue weighted by Gasteiger charge is 2.35. The standard InChI is InChI=1S/C56H116P.ClH/c1-5-9-13-17-21-25-29-33-37-41-45-49-53-57(54-50-46-42-38-34-30-26-22-18-14-10-6-2,55-51-47-43-39-35-31-27-23-19-15-11-7-3)56-52-48-44-40-36-32-28-24-20-16-12-8-4;/h5-56H2,1-4H3;1H/q+1;/p-1. The highest BCUT2D eigenvalue weighted by molar-refractivity contribution is 7.75.